The van der Waals surface area contributed by atoms with Crippen LogP contribution < -0.4 is 0 Å². The predicted octanol–water partition coefficient (Wildman–Crippen LogP) is 1.25. The third-order valence-corrected chi connectivity index (χ3v) is 4.39. The first-order chi connectivity index (χ1) is 8.03. The van der Waals surface area contributed by atoms with Crippen molar-refractivity contribution in [2.75, 3.05) is 6.66 Å². The number of hydrogen-bond acceptors (Lipinski definition) is 6. The summed E-state index contributed by atoms with van der Waals surface area (Å²) in [4.78, 5) is 17.1. The zero-order valence-corrected chi connectivity index (χ0v) is 10.5. The van der Waals surface area contributed by atoms with E-state index in [-0.39, 0.29) is 0 Å². The lowest BCUT2D eigenvalue weighted by atomic mass is 10.3. The fourth-order valence-electron chi connectivity index (χ4n) is 1.03. The minimum Gasteiger partial charge on any atom is -0.324 e. The van der Waals surface area contributed by atoms with Crippen molar-refractivity contribution in [1.82, 2.24) is 0 Å². The van der Waals surface area contributed by atoms with Gasteiger partial charge in [-0.05, 0) is 6.07 Å². The molecule has 1 aromatic carbocycles. The Hall–Kier alpha value is -1.35. The van der Waals surface area contributed by atoms with Gasteiger partial charge in [0.15, 0.2) is 5.82 Å². The molecule has 0 aliphatic heterocycles. The second kappa shape index (κ2) is 4.73. The van der Waals surface area contributed by atoms with Crippen LogP contribution in [0.3, 0.4) is 0 Å². The van der Waals surface area contributed by atoms with E-state index >= 15 is 0 Å². The third-order valence-electron chi connectivity index (χ3n) is 1.63. The smallest absolute Gasteiger partial charge is 0.324 e. The van der Waals surface area contributed by atoms with E-state index < -0.39 is 39.0 Å². The number of rotatable bonds is 4. The first-order valence-electron chi connectivity index (χ1n) is 4.23. The van der Waals surface area contributed by atoms with E-state index in [1.54, 1.807) is 0 Å². The quantitative estimate of drug-likeness (QED) is 0.504. The lowest BCUT2D eigenvalue weighted by Gasteiger charge is -2.07. The van der Waals surface area contributed by atoms with Gasteiger partial charge in [0.05, 0.1) is 11.0 Å². The molecule has 0 spiro atoms. The summed E-state index contributed by atoms with van der Waals surface area (Å²) in [7, 11) is -9.19. The van der Waals surface area contributed by atoms with Crippen molar-refractivity contribution in [2.24, 2.45) is 0 Å². The van der Waals surface area contributed by atoms with Gasteiger partial charge in [0.1, 0.15) is 4.90 Å². The summed E-state index contributed by atoms with van der Waals surface area (Å²) in [6.45, 7) is 0.605. The molecule has 0 aliphatic rings. The Morgan fingerprint density at radius 1 is 1.50 bits per heavy atom. The van der Waals surface area contributed by atoms with E-state index in [2.05, 4.69) is 3.97 Å². The Morgan fingerprint density at radius 2 is 2.06 bits per heavy atom. The Bertz CT molecular complexity index is 637. The maximum Gasteiger partial charge on any atom is 0.339 e. The minimum atomic E-state index is -4.80. The highest BCUT2D eigenvalue weighted by Crippen LogP contribution is 2.41. The van der Waals surface area contributed by atoms with E-state index in [4.69, 9.17) is 4.89 Å². The van der Waals surface area contributed by atoms with Crippen LogP contribution in [0.2, 0.25) is 0 Å². The number of non-ortho nitro benzene ring substituents is 1. The Balaban J connectivity index is 3.27. The van der Waals surface area contributed by atoms with Crippen LogP contribution in [0.5, 0.6) is 0 Å². The van der Waals surface area contributed by atoms with Crippen LogP contribution in [-0.4, -0.2) is 24.9 Å². The fraction of sp³-hybridized carbons (Fsp3) is 0.143. The predicted molar refractivity (Wildman–Crippen MR) is 57.1 cm³/mol. The van der Waals surface area contributed by atoms with Gasteiger partial charge in [-0.2, -0.15) is 12.4 Å². The van der Waals surface area contributed by atoms with E-state index in [0.29, 0.717) is 18.8 Å². The van der Waals surface area contributed by atoms with Gasteiger partial charge in [-0.1, -0.05) is 0 Å². The molecule has 1 atom stereocenters. The molecule has 0 saturated carbocycles. The monoisotopic (exact) mass is 299 g/mol. The Kier molecular flexibility index (Phi) is 3.86. The van der Waals surface area contributed by atoms with Crippen LogP contribution in [0.25, 0.3) is 0 Å². The van der Waals surface area contributed by atoms with Gasteiger partial charge in [-0.25, -0.2) is 4.39 Å². The van der Waals surface area contributed by atoms with Crippen LogP contribution in [-0.2, 0) is 18.7 Å². The molecule has 0 fully saturated rings. The molecule has 1 aromatic rings. The highest BCUT2D eigenvalue weighted by Gasteiger charge is 2.28. The molecule has 0 amide bonds. The number of nitrogens with zero attached hydrogens (tertiary/aromatic N) is 1. The number of halogens is 1. The minimum absolute atomic E-state index is 0.369. The first kappa shape index (κ1) is 14.7. The van der Waals surface area contributed by atoms with E-state index in [1.165, 1.54) is 0 Å². The van der Waals surface area contributed by atoms with Gasteiger partial charge >= 0.3 is 17.7 Å². The molecule has 100 valence electrons. The van der Waals surface area contributed by atoms with E-state index in [1.807, 2.05) is 0 Å². The maximum absolute atomic E-state index is 13.3. The second-order valence-corrected chi connectivity index (χ2v) is 6.75. The maximum atomic E-state index is 13.3. The summed E-state index contributed by atoms with van der Waals surface area (Å²) in [5, 5.41) is 10.3. The molecular formula is C7H7FNO7PS. The third kappa shape index (κ3) is 3.57. The number of nitro benzene ring substituents is 1. The lowest BCUT2D eigenvalue weighted by Crippen LogP contribution is -2.07. The number of benzene rings is 1. The van der Waals surface area contributed by atoms with Crippen LogP contribution in [0.15, 0.2) is 23.1 Å². The molecule has 11 heteroatoms. The summed E-state index contributed by atoms with van der Waals surface area (Å²) < 4.78 is 50.8. The second-order valence-electron chi connectivity index (χ2n) is 3.20. The lowest BCUT2D eigenvalue weighted by molar-refractivity contribution is -0.385. The van der Waals surface area contributed by atoms with Gasteiger partial charge in [0, 0.05) is 12.7 Å². The Labute approximate surface area is 101 Å². The molecule has 18 heavy (non-hydrogen) atoms. The molecule has 0 heterocycles. The van der Waals surface area contributed by atoms with Crippen molar-refractivity contribution < 1.29 is 31.2 Å². The average molecular weight is 299 g/mol. The summed E-state index contributed by atoms with van der Waals surface area (Å²) in [5.41, 5.74) is -0.657. The molecule has 0 bridgehead atoms. The number of nitro groups is 1. The van der Waals surface area contributed by atoms with Crippen molar-refractivity contribution in [3.8, 4) is 0 Å². The molecule has 1 unspecified atom stereocenters. The molecule has 1 N–H and O–H groups in total. The summed E-state index contributed by atoms with van der Waals surface area (Å²) >= 11 is 0. The van der Waals surface area contributed by atoms with Gasteiger partial charge in [0.25, 0.3) is 5.69 Å². The fourth-order valence-corrected chi connectivity index (χ4v) is 3.34. The van der Waals surface area contributed by atoms with Crippen LogP contribution in [0.1, 0.15) is 0 Å². The normalized spacial score (nSPS) is 15.1. The van der Waals surface area contributed by atoms with Gasteiger partial charge in [-0.15, -0.1) is 0 Å². The largest absolute Gasteiger partial charge is 0.339 e. The van der Waals surface area contributed by atoms with E-state index in [9.17, 15) is 27.5 Å². The zero-order valence-electron chi connectivity index (χ0n) is 8.81. The highest BCUT2D eigenvalue weighted by molar-refractivity contribution is 7.91. The molecule has 0 aromatic heterocycles. The van der Waals surface area contributed by atoms with Crippen molar-refractivity contribution in [2.45, 2.75) is 4.90 Å². The van der Waals surface area contributed by atoms with Crippen LogP contribution >= 0.6 is 7.60 Å². The molecule has 0 saturated heterocycles. The van der Waals surface area contributed by atoms with Crippen molar-refractivity contribution >= 4 is 23.4 Å². The topological polar surface area (TPSA) is 124 Å². The summed E-state index contributed by atoms with van der Waals surface area (Å²) in [6, 6.07) is 1.68. The van der Waals surface area contributed by atoms with E-state index in [0.717, 1.165) is 6.07 Å². The average Bonchev–Trinajstić information content (AvgIpc) is 2.12. The Morgan fingerprint density at radius 3 is 2.44 bits per heavy atom. The van der Waals surface area contributed by atoms with Crippen LogP contribution in [0, 0.1) is 15.9 Å². The summed E-state index contributed by atoms with van der Waals surface area (Å²) in [5.74, 6) is -1.45. The van der Waals surface area contributed by atoms with Crippen LogP contribution in [0.4, 0.5) is 10.1 Å². The van der Waals surface area contributed by atoms with Crippen molar-refractivity contribution in [1.29, 1.82) is 0 Å². The summed E-state index contributed by atoms with van der Waals surface area (Å²) in [6.07, 6.45) is 0. The molecular weight excluding hydrogens is 292 g/mol. The van der Waals surface area contributed by atoms with Gasteiger partial charge in [0.2, 0.25) is 0 Å². The zero-order chi connectivity index (χ0) is 14.1. The van der Waals surface area contributed by atoms with Crippen molar-refractivity contribution in [3.05, 3.63) is 34.1 Å². The standard InChI is InChI=1S/C7H7FNO7PS/c1-17(12,13)16-18(14,15)7-3-2-5(9(10)11)4-6(7)8/h2-4H,1H3,(H,12,13). The molecule has 0 aliphatic carbocycles. The molecule has 1 rings (SSSR count). The van der Waals surface area contributed by atoms with Gasteiger partial charge < -0.3 is 4.89 Å². The van der Waals surface area contributed by atoms with Crippen molar-refractivity contribution in [3.63, 3.8) is 0 Å². The number of hydrogen-bond donors (Lipinski definition) is 1. The first-order valence-corrected chi connectivity index (χ1v) is 7.67. The molecule has 8 nitrogen and oxygen atoms in total. The highest BCUT2D eigenvalue weighted by atomic mass is 32.2. The molecule has 0 radical (unpaired) electrons. The van der Waals surface area contributed by atoms with Gasteiger partial charge in [-0.3, -0.25) is 14.7 Å². The SMILES string of the molecule is CP(=O)(O)OS(=O)(=O)c1ccc([N+](=O)[O-])cc1F.